The molecule has 0 bridgehead atoms. The Morgan fingerprint density at radius 1 is 1.29 bits per heavy atom. The van der Waals surface area contributed by atoms with E-state index in [1.165, 1.54) is 0 Å². The molecule has 0 saturated carbocycles. The van der Waals surface area contributed by atoms with E-state index in [4.69, 9.17) is 0 Å². The monoisotopic (exact) mass is 262 g/mol. The zero-order valence-corrected chi connectivity index (χ0v) is 12.6. The van der Waals surface area contributed by atoms with Crippen molar-refractivity contribution < 1.29 is 9.90 Å². The first-order valence-electron chi connectivity index (χ1n) is 5.88. The molecule has 0 aromatic rings. The quantitative estimate of drug-likeness (QED) is 0.444. The second kappa shape index (κ2) is 6.07. The fourth-order valence-corrected chi connectivity index (χ4v) is 1.51. The van der Waals surface area contributed by atoms with Crippen LogP contribution in [0.5, 0.6) is 0 Å². The van der Waals surface area contributed by atoms with E-state index >= 15 is 0 Å². The van der Waals surface area contributed by atoms with E-state index in [2.05, 4.69) is 23.3 Å². The molecule has 2 atom stereocenters. The third kappa shape index (κ3) is 7.63. The second-order valence-electron chi connectivity index (χ2n) is 6.17. The lowest BCUT2D eigenvalue weighted by atomic mass is 9.86. The van der Waals surface area contributed by atoms with Crippen molar-refractivity contribution in [3.05, 3.63) is 0 Å². The van der Waals surface area contributed by atoms with Crippen molar-refractivity contribution in [3.63, 3.8) is 0 Å². The standard InChI is InChI=1S/C12H26N2O2S/c1-8(17)14-9(11(2,3)4)10(15)13-7-12(5,6)16/h8-9,14,16-17H,7H2,1-6H3,(H,13,15)/t8?,9-/m0/s1. The lowest BCUT2D eigenvalue weighted by Crippen LogP contribution is -2.55. The van der Waals surface area contributed by atoms with Gasteiger partial charge in [0.2, 0.25) is 5.91 Å². The number of carbonyl (C=O) groups is 1. The van der Waals surface area contributed by atoms with Gasteiger partial charge in [0.15, 0.2) is 0 Å². The van der Waals surface area contributed by atoms with Crippen LogP contribution in [0.15, 0.2) is 0 Å². The number of thiol groups is 1. The summed E-state index contributed by atoms with van der Waals surface area (Å²) in [5, 5.41) is 15.4. The van der Waals surface area contributed by atoms with E-state index in [1.54, 1.807) is 13.8 Å². The molecule has 0 spiro atoms. The Morgan fingerprint density at radius 2 is 1.76 bits per heavy atom. The number of rotatable bonds is 5. The molecule has 0 rings (SSSR count). The van der Waals surface area contributed by atoms with Crippen LogP contribution in [0.4, 0.5) is 0 Å². The summed E-state index contributed by atoms with van der Waals surface area (Å²) in [7, 11) is 0. The Balaban J connectivity index is 4.55. The first-order chi connectivity index (χ1) is 7.43. The Morgan fingerprint density at radius 3 is 2.06 bits per heavy atom. The van der Waals surface area contributed by atoms with Gasteiger partial charge in [-0.3, -0.25) is 10.1 Å². The van der Waals surface area contributed by atoms with Crippen LogP contribution in [0.3, 0.4) is 0 Å². The summed E-state index contributed by atoms with van der Waals surface area (Å²) in [5.41, 5.74) is -1.11. The molecule has 1 amide bonds. The Hall–Kier alpha value is -0.260. The highest BCUT2D eigenvalue weighted by molar-refractivity contribution is 7.80. The Labute approximate surface area is 110 Å². The number of nitrogens with one attached hydrogen (secondary N) is 2. The zero-order valence-electron chi connectivity index (χ0n) is 11.7. The van der Waals surface area contributed by atoms with Gasteiger partial charge < -0.3 is 10.4 Å². The van der Waals surface area contributed by atoms with Gasteiger partial charge in [-0.1, -0.05) is 20.8 Å². The highest BCUT2D eigenvalue weighted by Crippen LogP contribution is 2.20. The lowest BCUT2D eigenvalue weighted by Gasteiger charge is -2.32. The maximum Gasteiger partial charge on any atom is 0.237 e. The summed E-state index contributed by atoms with van der Waals surface area (Å²) >= 11 is 4.25. The maximum absolute atomic E-state index is 12.1. The van der Waals surface area contributed by atoms with E-state index in [0.29, 0.717) is 0 Å². The van der Waals surface area contributed by atoms with Gasteiger partial charge in [0.05, 0.1) is 11.6 Å². The number of aliphatic hydroxyl groups is 1. The summed E-state index contributed by atoms with van der Waals surface area (Å²) in [4.78, 5) is 12.1. The molecule has 0 aromatic heterocycles. The summed E-state index contributed by atoms with van der Waals surface area (Å²) in [6.07, 6.45) is 0. The van der Waals surface area contributed by atoms with Gasteiger partial charge in [-0.05, 0) is 26.2 Å². The zero-order chi connectivity index (χ0) is 13.9. The van der Waals surface area contributed by atoms with Crippen molar-refractivity contribution in [3.8, 4) is 0 Å². The fourth-order valence-electron chi connectivity index (χ4n) is 1.37. The van der Waals surface area contributed by atoms with Gasteiger partial charge in [0.25, 0.3) is 0 Å². The topological polar surface area (TPSA) is 61.4 Å². The van der Waals surface area contributed by atoms with Crippen molar-refractivity contribution in [1.82, 2.24) is 10.6 Å². The van der Waals surface area contributed by atoms with Crippen LogP contribution >= 0.6 is 12.6 Å². The molecule has 0 aliphatic rings. The van der Waals surface area contributed by atoms with Gasteiger partial charge >= 0.3 is 0 Å². The summed E-state index contributed by atoms with van der Waals surface area (Å²) in [6.45, 7) is 11.4. The van der Waals surface area contributed by atoms with Gasteiger partial charge in [-0.15, -0.1) is 0 Å². The predicted octanol–water partition coefficient (Wildman–Crippen LogP) is 1.15. The predicted molar refractivity (Wildman–Crippen MR) is 74.1 cm³/mol. The third-order valence-electron chi connectivity index (χ3n) is 2.23. The van der Waals surface area contributed by atoms with Crippen LogP contribution in [-0.4, -0.2) is 34.6 Å². The molecule has 0 aliphatic heterocycles. The Kier molecular flexibility index (Phi) is 5.98. The van der Waals surface area contributed by atoms with Crippen LogP contribution in [0, 0.1) is 5.41 Å². The Bertz CT molecular complexity index is 254. The fraction of sp³-hybridized carbons (Fsp3) is 0.917. The van der Waals surface area contributed by atoms with E-state index in [1.807, 2.05) is 27.7 Å². The summed E-state index contributed by atoms with van der Waals surface area (Å²) in [5.74, 6) is -0.111. The summed E-state index contributed by atoms with van der Waals surface area (Å²) in [6, 6.07) is -0.336. The smallest absolute Gasteiger partial charge is 0.237 e. The minimum Gasteiger partial charge on any atom is -0.389 e. The van der Waals surface area contributed by atoms with E-state index in [0.717, 1.165) is 0 Å². The maximum atomic E-state index is 12.1. The van der Waals surface area contributed by atoms with E-state index < -0.39 is 5.60 Å². The van der Waals surface area contributed by atoms with Gasteiger partial charge in [0, 0.05) is 11.9 Å². The highest BCUT2D eigenvalue weighted by atomic mass is 32.1. The first kappa shape index (κ1) is 16.7. The van der Waals surface area contributed by atoms with E-state index in [-0.39, 0.29) is 29.3 Å². The molecule has 4 nitrogen and oxygen atoms in total. The number of amides is 1. The SMILES string of the molecule is CC(S)N[C@@H](C(=O)NCC(C)(C)O)C(C)(C)C. The van der Waals surface area contributed by atoms with E-state index in [9.17, 15) is 9.90 Å². The lowest BCUT2D eigenvalue weighted by molar-refractivity contribution is -0.126. The molecular weight excluding hydrogens is 236 g/mol. The molecule has 1 unspecified atom stereocenters. The molecular formula is C12H26N2O2S. The molecule has 5 heteroatoms. The van der Waals surface area contributed by atoms with Gasteiger partial charge in [-0.2, -0.15) is 12.6 Å². The van der Waals surface area contributed by atoms with Crippen LogP contribution in [0.1, 0.15) is 41.5 Å². The molecule has 17 heavy (non-hydrogen) atoms. The van der Waals surface area contributed by atoms with Crippen LogP contribution in [0.2, 0.25) is 0 Å². The van der Waals surface area contributed by atoms with Crippen molar-refractivity contribution in [1.29, 1.82) is 0 Å². The highest BCUT2D eigenvalue weighted by Gasteiger charge is 2.32. The number of hydrogen-bond donors (Lipinski definition) is 4. The molecule has 0 radical (unpaired) electrons. The molecule has 102 valence electrons. The van der Waals surface area contributed by atoms with Crippen LogP contribution in [0.25, 0.3) is 0 Å². The minimum atomic E-state index is -0.898. The number of carbonyl (C=O) groups excluding carboxylic acids is 1. The average Bonchev–Trinajstić information content (AvgIpc) is 2.07. The second-order valence-corrected chi connectivity index (χ2v) is 6.95. The molecule has 0 saturated heterocycles. The molecule has 0 fully saturated rings. The molecule has 0 aromatic carbocycles. The van der Waals surface area contributed by atoms with Crippen LogP contribution in [-0.2, 0) is 4.79 Å². The number of hydrogen-bond acceptors (Lipinski definition) is 4. The van der Waals surface area contributed by atoms with Gasteiger partial charge in [0.1, 0.15) is 0 Å². The first-order valence-corrected chi connectivity index (χ1v) is 6.39. The summed E-state index contributed by atoms with van der Waals surface area (Å²) < 4.78 is 0. The molecule has 3 N–H and O–H groups in total. The van der Waals surface area contributed by atoms with Crippen molar-refractivity contribution in [2.24, 2.45) is 5.41 Å². The normalized spacial score (nSPS) is 16.5. The van der Waals surface area contributed by atoms with Crippen molar-refractivity contribution >= 4 is 18.5 Å². The molecule has 0 heterocycles. The van der Waals surface area contributed by atoms with Crippen molar-refractivity contribution in [2.45, 2.75) is 58.6 Å². The third-order valence-corrected chi connectivity index (χ3v) is 2.38. The average molecular weight is 262 g/mol. The van der Waals surface area contributed by atoms with Gasteiger partial charge in [-0.25, -0.2) is 0 Å². The van der Waals surface area contributed by atoms with Crippen LogP contribution < -0.4 is 10.6 Å². The molecule has 0 aliphatic carbocycles. The largest absolute Gasteiger partial charge is 0.389 e. The minimum absolute atomic E-state index is 0.0629. The van der Waals surface area contributed by atoms with Crippen molar-refractivity contribution in [2.75, 3.05) is 6.54 Å².